The smallest absolute Gasteiger partial charge is 0.187 e. The van der Waals surface area contributed by atoms with E-state index in [9.17, 15) is 0 Å². The topological polar surface area (TPSA) is 24.9 Å². The molecule has 0 bridgehead atoms. The summed E-state index contributed by atoms with van der Waals surface area (Å²) in [6.07, 6.45) is 4.43. The minimum atomic E-state index is 0. The van der Waals surface area contributed by atoms with Gasteiger partial charge in [0, 0.05) is 33.8 Å². The van der Waals surface area contributed by atoms with E-state index in [4.69, 9.17) is 6.57 Å². The zero-order valence-electron chi connectivity index (χ0n) is 30.9. The Morgan fingerprint density at radius 1 is 0.529 bits per heavy atom. The molecule has 6 aromatic rings. The molecule has 51 heavy (non-hydrogen) atoms. The van der Waals surface area contributed by atoms with Crippen molar-refractivity contribution in [1.82, 2.24) is 4.98 Å². The molecule has 265 valence electrons. The summed E-state index contributed by atoms with van der Waals surface area (Å²) < 4.78 is 0. The van der Waals surface area contributed by atoms with Crippen LogP contribution < -0.4 is 14.8 Å². The maximum atomic E-state index is 7.16. The Balaban J connectivity index is 0.000000202. The van der Waals surface area contributed by atoms with Crippen LogP contribution in [0.2, 0.25) is 0 Å². The number of aromatic nitrogens is 1. The van der Waals surface area contributed by atoms with E-state index in [1.807, 2.05) is 36.4 Å². The predicted molar refractivity (Wildman–Crippen MR) is 214 cm³/mol. The second-order valence-corrected chi connectivity index (χ2v) is 14.4. The van der Waals surface area contributed by atoms with Crippen LogP contribution >= 0.6 is 0 Å². The molecule has 0 spiro atoms. The van der Waals surface area contributed by atoms with Gasteiger partial charge in [0.15, 0.2) is 5.69 Å². The molecule has 0 saturated heterocycles. The molecule has 0 amide bonds. The minimum absolute atomic E-state index is 0. The Labute approximate surface area is 320 Å². The maximum absolute atomic E-state index is 7.16. The molecule has 2 heterocycles. The monoisotopic (exact) mass is 853 g/mol. The van der Waals surface area contributed by atoms with Crippen LogP contribution in [0.4, 0.5) is 17.1 Å². The average molecular weight is 854 g/mol. The number of rotatable bonds is 7. The fraction of sp³-hybridized carbons (Fsp3) is 0.261. The van der Waals surface area contributed by atoms with E-state index in [1.54, 1.807) is 0 Å². The van der Waals surface area contributed by atoms with Crippen LogP contribution in [0, 0.1) is 13.2 Å². The first kappa shape index (κ1) is 37.7. The van der Waals surface area contributed by atoms with Crippen LogP contribution in [0.5, 0.6) is 0 Å². The number of fused-ring (bicyclic) bond motifs is 3. The molecule has 5 heteroatoms. The third kappa shape index (κ3) is 7.87. The molecule has 7 rings (SSSR count). The number of hydrogen-bond acceptors (Lipinski definition) is 2. The van der Waals surface area contributed by atoms with Crippen molar-refractivity contribution in [2.75, 3.05) is 9.80 Å². The summed E-state index contributed by atoms with van der Waals surface area (Å²) in [4.78, 5) is 12.8. The zero-order chi connectivity index (χ0) is 35.5. The van der Waals surface area contributed by atoms with Gasteiger partial charge >= 0.3 is 0 Å². The molecule has 0 saturated carbocycles. The molecule has 1 aromatic heterocycles. The number of para-hydroxylation sites is 2. The van der Waals surface area contributed by atoms with Crippen LogP contribution in [0.25, 0.3) is 37.8 Å². The Hall–Kier alpha value is -4.53. The molecule has 0 aliphatic carbocycles. The summed E-state index contributed by atoms with van der Waals surface area (Å²) in [5.74, 6) is 1.92. The van der Waals surface area contributed by atoms with Crippen LogP contribution in [-0.2, 0) is 22.4 Å². The van der Waals surface area contributed by atoms with Crippen molar-refractivity contribution in [1.29, 1.82) is 0 Å². The summed E-state index contributed by atoms with van der Waals surface area (Å²) in [6.45, 7) is 27.7. The normalized spacial score (nSPS) is 12.6. The van der Waals surface area contributed by atoms with Crippen molar-refractivity contribution in [3.8, 4) is 11.1 Å². The van der Waals surface area contributed by atoms with Crippen LogP contribution in [0.1, 0.15) is 101 Å². The molecule has 0 fully saturated rings. The minimum Gasteiger partial charge on any atom is -0.657 e. The fourth-order valence-corrected chi connectivity index (χ4v) is 6.93. The van der Waals surface area contributed by atoms with E-state index in [1.165, 1.54) is 44.8 Å². The first-order chi connectivity index (χ1) is 24.1. The standard InChI is InChI=1S/C27H37N2.C19H11N2.Au/c1-18(2)22-11-9-12-23(19(3)4)26(22)28-15-16-29(17-28)27-24(20(5)6)13-10-14-25(27)21(7)8;1-20-15-8-10-19-17(12-15)16-11-14(7-9-18(16)21-19)13-5-3-2-4-6-13;/h9-21H,1-8H3;2-12H;/q2*-1;. The molecular weight excluding hydrogens is 806 g/mol. The Kier molecular flexibility index (Phi) is 12.0. The summed E-state index contributed by atoms with van der Waals surface area (Å²) in [7, 11) is 0. The number of nitrogens with zero attached hydrogens (tertiary/aromatic N) is 4. The van der Waals surface area contributed by atoms with Gasteiger partial charge in [-0.3, -0.25) is 0 Å². The summed E-state index contributed by atoms with van der Waals surface area (Å²) in [6, 6.07) is 35.8. The number of hydrogen-bond donors (Lipinski definition) is 0. The van der Waals surface area contributed by atoms with E-state index in [0.717, 1.165) is 21.8 Å². The van der Waals surface area contributed by atoms with Gasteiger partial charge in [-0.2, -0.15) is 0 Å². The SMILES string of the molecule is CC(C)c1cccc(C(C)C)c1N1C=CN(c2c(C(C)C)cccc2C(C)C)[CH-]1.[Au].[C-]#[N+]c1ccc2[n-]c3ccc(-c4ccccc4)cc3c2c1. The van der Waals surface area contributed by atoms with Crippen molar-refractivity contribution in [3.05, 3.63) is 156 Å². The van der Waals surface area contributed by atoms with Crippen molar-refractivity contribution >= 4 is 38.9 Å². The third-order valence-corrected chi connectivity index (χ3v) is 9.58. The number of benzene rings is 5. The largest absolute Gasteiger partial charge is 0.657 e. The average Bonchev–Trinajstić information content (AvgIpc) is 3.76. The van der Waals surface area contributed by atoms with Gasteiger partial charge in [-0.05, 0) is 92.4 Å². The van der Waals surface area contributed by atoms with Crippen molar-refractivity contribution < 1.29 is 22.4 Å². The predicted octanol–water partition coefficient (Wildman–Crippen LogP) is 13.3. The van der Waals surface area contributed by atoms with Gasteiger partial charge in [-0.25, -0.2) is 4.85 Å². The molecule has 5 aromatic carbocycles. The maximum Gasteiger partial charge on any atom is 0.187 e. The van der Waals surface area contributed by atoms with Gasteiger partial charge in [0.2, 0.25) is 0 Å². The fourth-order valence-electron chi connectivity index (χ4n) is 6.93. The summed E-state index contributed by atoms with van der Waals surface area (Å²) in [5, 5.41) is 2.16. The van der Waals surface area contributed by atoms with E-state index < -0.39 is 0 Å². The summed E-state index contributed by atoms with van der Waals surface area (Å²) >= 11 is 0. The van der Waals surface area contributed by atoms with Crippen molar-refractivity contribution in [2.45, 2.75) is 79.1 Å². The second kappa shape index (κ2) is 16.2. The molecule has 0 unspecified atom stereocenters. The molecule has 0 N–H and O–H groups in total. The van der Waals surface area contributed by atoms with Crippen LogP contribution in [-0.4, -0.2) is 0 Å². The molecule has 0 atom stereocenters. The molecule has 1 radical (unpaired) electrons. The molecule has 1 aliphatic heterocycles. The van der Waals surface area contributed by atoms with E-state index in [-0.39, 0.29) is 22.4 Å². The van der Waals surface area contributed by atoms with Gasteiger partial charge in [-0.15, -0.1) is 17.7 Å². The van der Waals surface area contributed by atoms with E-state index in [0.29, 0.717) is 29.4 Å². The molecule has 4 nitrogen and oxygen atoms in total. The molecule has 1 aliphatic rings. The zero-order valence-corrected chi connectivity index (χ0v) is 33.1. The first-order valence-corrected chi connectivity index (χ1v) is 17.9. The third-order valence-electron chi connectivity index (χ3n) is 9.58. The van der Waals surface area contributed by atoms with E-state index in [2.05, 4.69) is 161 Å². The molecular formula is C46H48AuN4-2. The quantitative estimate of drug-likeness (QED) is 0.118. The van der Waals surface area contributed by atoms with E-state index >= 15 is 0 Å². The van der Waals surface area contributed by atoms with Gasteiger partial charge in [-0.1, -0.05) is 146 Å². The van der Waals surface area contributed by atoms with Gasteiger partial charge in [0.1, 0.15) is 0 Å². The van der Waals surface area contributed by atoms with Crippen molar-refractivity contribution in [3.63, 3.8) is 0 Å². The van der Waals surface area contributed by atoms with Crippen LogP contribution in [0.3, 0.4) is 0 Å². The van der Waals surface area contributed by atoms with Gasteiger partial charge in [0.25, 0.3) is 0 Å². The van der Waals surface area contributed by atoms with Gasteiger partial charge < -0.3 is 14.8 Å². The Bertz CT molecular complexity index is 2060. The first-order valence-electron chi connectivity index (χ1n) is 17.9. The Morgan fingerprint density at radius 2 is 0.980 bits per heavy atom. The van der Waals surface area contributed by atoms with Crippen molar-refractivity contribution in [2.24, 2.45) is 0 Å². The van der Waals surface area contributed by atoms with Crippen LogP contribution in [0.15, 0.2) is 116 Å². The number of anilines is 2. The Morgan fingerprint density at radius 3 is 1.43 bits per heavy atom. The second-order valence-electron chi connectivity index (χ2n) is 14.4. The van der Waals surface area contributed by atoms with Gasteiger partial charge in [0.05, 0.1) is 6.57 Å². The summed E-state index contributed by atoms with van der Waals surface area (Å²) in [5.41, 5.74) is 13.2.